The van der Waals surface area contributed by atoms with Crippen LogP contribution in [0.4, 0.5) is 28.8 Å². The molecule has 3 saturated carbocycles. The van der Waals surface area contributed by atoms with E-state index >= 15 is 0 Å². The first-order chi connectivity index (χ1) is 32.1. The van der Waals surface area contributed by atoms with Gasteiger partial charge in [0, 0.05) is 62.0 Å². The molecule has 372 valence electrons. The number of halogens is 4. The van der Waals surface area contributed by atoms with E-state index in [1.807, 2.05) is 30.2 Å². The van der Waals surface area contributed by atoms with Gasteiger partial charge in [-0.05, 0) is 75.0 Å². The average Bonchev–Trinajstić information content (AvgIpc) is 3.93. The van der Waals surface area contributed by atoms with Crippen molar-refractivity contribution in [1.29, 1.82) is 0 Å². The van der Waals surface area contributed by atoms with E-state index in [2.05, 4.69) is 27.8 Å². The topological polar surface area (TPSA) is 187 Å². The smallest absolute Gasteiger partial charge is 0.408 e. The van der Waals surface area contributed by atoms with Gasteiger partial charge in [-0.1, -0.05) is 38.4 Å². The number of rotatable bonds is 17. The molecule has 1 aromatic heterocycles. The molecule has 1 aromatic carbocycles. The number of carboxylic acid groups (broad SMARTS) is 1. The summed E-state index contributed by atoms with van der Waals surface area (Å²) in [5.74, 6) is -1.02. The van der Waals surface area contributed by atoms with E-state index in [9.17, 15) is 37.5 Å². The number of aliphatic carboxylic acids is 1. The molecule has 6 aliphatic rings. The second kappa shape index (κ2) is 19.5. The molecule has 3 aliphatic heterocycles. The quantitative estimate of drug-likeness (QED) is 0.105. The van der Waals surface area contributed by atoms with Crippen LogP contribution in [0, 0.1) is 23.2 Å². The third-order valence-electron chi connectivity index (χ3n) is 13.8. The van der Waals surface area contributed by atoms with Gasteiger partial charge < -0.3 is 45.5 Å². The summed E-state index contributed by atoms with van der Waals surface area (Å²) in [6.45, 7) is 14.4. The molecule has 2 saturated heterocycles. The number of piperazine rings is 1. The van der Waals surface area contributed by atoms with Gasteiger partial charge >= 0.3 is 18.2 Å². The summed E-state index contributed by atoms with van der Waals surface area (Å²) in [6, 6.07) is 0.779. The molecule has 8 rings (SSSR count). The van der Waals surface area contributed by atoms with E-state index in [0.717, 1.165) is 19.3 Å². The van der Waals surface area contributed by atoms with Gasteiger partial charge in [-0.15, -0.1) is 17.9 Å². The van der Waals surface area contributed by atoms with E-state index in [4.69, 9.17) is 30.8 Å². The van der Waals surface area contributed by atoms with Crippen LogP contribution in [0.3, 0.4) is 0 Å². The van der Waals surface area contributed by atoms with Gasteiger partial charge in [0.25, 0.3) is 0 Å². The Morgan fingerprint density at radius 2 is 1.76 bits per heavy atom. The zero-order valence-electron chi connectivity index (χ0n) is 39.0. The lowest BCUT2D eigenvalue weighted by Gasteiger charge is -2.35. The maximum Gasteiger partial charge on any atom is 0.408 e. The highest BCUT2D eigenvalue weighted by Crippen LogP contribution is 2.53. The molecule has 68 heavy (non-hydrogen) atoms. The molecule has 5 N–H and O–H groups in total. The number of alkyl carbamates (subject to hydrolysis) is 1. The third-order valence-corrected chi connectivity index (χ3v) is 15.0. The Balaban J connectivity index is 1.03. The normalized spacial score (nSPS) is 28.4. The van der Waals surface area contributed by atoms with Gasteiger partial charge in [0.15, 0.2) is 5.13 Å². The minimum atomic E-state index is -4.25. The highest BCUT2D eigenvalue weighted by atomic mass is 35.5. The highest BCUT2D eigenvalue weighted by molar-refractivity contribution is 7.13. The number of amides is 3. The number of ether oxygens (including phenoxy) is 3. The second-order valence-electron chi connectivity index (χ2n) is 20.4. The van der Waals surface area contributed by atoms with Crippen LogP contribution in [0.15, 0.2) is 36.2 Å². The fourth-order valence-electron chi connectivity index (χ4n) is 9.91. The van der Waals surface area contributed by atoms with Crippen molar-refractivity contribution in [2.24, 2.45) is 23.2 Å². The molecule has 16 nitrogen and oxygen atoms in total. The number of alkyl halides is 3. The number of anilines is 2. The van der Waals surface area contributed by atoms with Crippen molar-refractivity contribution in [3.05, 3.63) is 52.5 Å². The van der Waals surface area contributed by atoms with Crippen molar-refractivity contribution in [1.82, 2.24) is 30.3 Å². The summed E-state index contributed by atoms with van der Waals surface area (Å²) >= 11 is 8.56. The Kier molecular flexibility index (Phi) is 14.3. The van der Waals surface area contributed by atoms with Crippen molar-refractivity contribution in [2.45, 2.75) is 115 Å². The standard InChI is InChI=1S/C47H62ClF3N8O8S/c1-7-28-21-46(28,42(62)63)56-40(60)34-19-30(22-59(34)41(61)39(45(4,5)6)55-44(64)67-29-17-26-16-27(26)18-29)66-36-20-32(33-23-68-43(54-33)52-25(2)3)53-38-31(36)8-9-35(37(38)48)65-15-14-57-10-12-58(13-11-57)24-47(49,50)51/h7-9,20,23,25-30,32,34,39,53H,1,10-19,21-22,24H2,2-6H3,(H,52,54)(H,55,64)(H,56,60)(H,62,63)/t26-,27+,28-,29?,30-,32?,34+,39-,46-/m1/s1. The fraction of sp³-hybridized carbons (Fsp3) is 0.638. The summed E-state index contributed by atoms with van der Waals surface area (Å²) < 4.78 is 57.6. The largest absolute Gasteiger partial charge is 0.491 e. The fourth-order valence-corrected chi connectivity index (χ4v) is 11.1. The van der Waals surface area contributed by atoms with Crippen LogP contribution < -0.4 is 26.0 Å². The number of aromatic nitrogens is 1. The predicted octanol–water partition coefficient (Wildman–Crippen LogP) is 6.75. The van der Waals surface area contributed by atoms with Crippen molar-refractivity contribution in [2.75, 3.05) is 63.1 Å². The van der Waals surface area contributed by atoms with E-state index in [0.29, 0.717) is 78.1 Å². The lowest BCUT2D eigenvalue weighted by molar-refractivity contribution is -0.149. The van der Waals surface area contributed by atoms with Crippen molar-refractivity contribution >= 4 is 63.4 Å². The number of carbonyl (C=O) groups excluding carboxylic acids is 3. The monoisotopic (exact) mass is 990 g/mol. The van der Waals surface area contributed by atoms with Crippen LogP contribution in [0.5, 0.6) is 5.75 Å². The molecule has 3 aliphatic carbocycles. The Labute approximate surface area is 403 Å². The van der Waals surface area contributed by atoms with E-state index in [1.54, 1.807) is 32.9 Å². The number of fused-ring (bicyclic) bond motifs is 2. The SMILES string of the molecule is C=C[C@@H]1C[C@]1(NC(=O)[C@@H]1C[C@@H](OC2=CC(c3csc(NC(C)C)n3)Nc3c2ccc(OCCN2CCN(CC(F)(F)F)CC2)c3Cl)CN1C(=O)[C@@H](NC(=O)OC1C[C@@H]2C[C@@H]2C1)C(C)(C)C)C(=O)O. The van der Waals surface area contributed by atoms with Gasteiger partial charge in [0.05, 0.1) is 30.5 Å². The number of benzene rings is 1. The zero-order chi connectivity index (χ0) is 48.9. The number of hydrogen-bond donors (Lipinski definition) is 5. The first-order valence-electron chi connectivity index (χ1n) is 23.4. The van der Waals surface area contributed by atoms with Crippen LogP contribution in [-0.4, -0.2) is 143 Å². The number of carboxylic acids is 1. The van der Waals surface area contributed by atoms with Gasteiger partial charge in [-0.3, -0.25) is 19.4 Å². The van der Waals surface area contributed by atoms with Crippen molar-refractivity contribution in [3.8, 4) is 5.75 Å². The summed E-state index contributed by atoms with van der Waals surface area (Å²) in [5.41, 5.74) is -0.676. The van der Waals surface area contributed by atoms with E-state index in [-0.39, 0.29) is 43.2 Å². The van der Waals surface area contributed by atoms with Crippen LogP contribution in [0.1, 0.15) is 84.0 Å². The summed E-state index contributed by atoms with van der Waals surface area (Å²) in [6.07, 6.45) is 0.234. The van der Waals surface area contributed by atoms with Crippen LogP contribution in [0.2, 0.25) is 5.02 Å². The van der Waals surface area contributed by atoms with Crippen LogP contribution >= 0.6 is 22.9 Å². The lowest BCUT2D eigenvalue weighted by Crippen LogP contribution is -2.59. The molecule has 4 heterocycles. The van der Waals surface area contributed by atoms with Gasteiger partial charge in [-0.25, -0.2) is 14.6 Å². The molecule has 0 spiro atoms. The van der Waals surface area contributed by atoms with E-state index < -0.39 is 77.7 Å². The first kappa shape index (κ1) is 49.6. The Bertz CT molecular complexity index is 2270. The molecule has 0 bridgehead atoms. The Morgan fingerprint density at radius 1 is 1.06 bits per heavy atom. The van der Waals surface area contributed by atoms with Crippen molar-refractivity contribution < 1.29 is 51.7 Å². The summed E-state index contributed by atoms with van der Waals surface area (Å²) in [7, 11) is 0. The van der Waals surface area contributed by atoms with Gasteiger partial charge in [0.1, 0.15) is 53.0 Å². The predicted molar refractivity (Wildman–Crippen MR) is 250 cm³/mol. The average molecular weight is 992 g/mol. The lowest BCUT2D eigenvalue weighted by atomic mass is 9.85. The maximum atomic E-state index is 14.8. The number of carbonyl (C=O) groups is 4. The summed E-state index contributed by atoms with van der Waals surface area (Å²) in [5, 5.41) is 25.4. The molecule has 5 fully saturated rings. The Hall–Kier alpha value is -4.79. The molecule has 21 heteroatoms. The molecular formula is C47H62ClF3N8O8S. The van der Waals surface area contributed by atoms with Crippen LogP contribution in [-0.2, 0) is 23.9 Å². The number of thiazole rings is 1. The molecular weight excluding hydrogens is 929 g/mol. The van der Waals surface area contributed by atoms with Crippen molar-refractivity contribution in [3.63, 3.8) is 0 Å². The minimum absolute atomic E-state index is 0.0124. The Morgan fingerprint density at radius 3 is 2.40 bits per heavy atom. The summed E-state index contributed by atoms with van der Waals surface area (Å²) in [4.78, 5) is 64.7. The number of nitrogens with zero attached hydrogens (tertiary/aromatic N) is 4. The third kappa shape index (κ3) is 11.3. The molecule has 3 amide bonds. The second-order valence-corrected chi connectivity index (χ2v) is 21.6. The van der Waals surface area contributed by atoms with Crippen LogP contribution in [0.25, 0.3) is 5.76 Å². The number of nitrogens with one attached hydrogen (secondary N) is 4. The van der Waals surface area contributed by atoms with Gasteiger partial charge in [0.2, 0.25) is 11.8 Å². The molecule has 0 radical (unpaired) electrons. The molecule has 2 unspecified atom stereocenters. The molecule has 2 aromatic rings. The maximum absolute atomic E-state index is 14.8. The zero-order valence-corrected chi connectivity index (χ0v) is 40.6. The highest BCUT2D eigenvalue weighted by Gasteiger charge is 2.61. The first-order valence-corrected chi connectivity index (χ1v) is 24.7. The van der Waals surface area contributed by atoms with E-state index in [1.165, 1.54) is 27.2 Å². The number of hydrogen-bond acceptors (Lipinski definition) is 13. The molecule has 9 atom stereocenters. The number of likely N-dealkylation sites (tertiary alicyclic amines) is 1. The minimum Gasteiger partial charge on any atom is -0.491 e. The van der Waals surface area contributed by atoms with Gasteiger partial charge in [-0.2, -0.15) is 13.2 Å².